The number of carbonyl (C=O) groups is 6. The lowest BCUT2D eigenvalue weighted by Gasteiger charge is -2.35. The Hall–Kier alpha value is -9.60. The van der Waals surface area contributed by atoms with Crippen LogP contribution in [-0.4, -0.2) is 124 Å². The number of esters is 1. The van der Waals surface area contributed by atoms with E-state index in [1.54, 1.807) is 52.1 Å². The van der Waals surface area contributed by atoms with Crippen molar-refractivity contribution in [3.05, 3.63) is 176 Å². The second-order valence-electron chi connectivity index (χ2n) is 23.8. The minimum Gasteiger partial charge on any atom is -0.465 e. The summed E-state index contributed by atoms with van der Waals surface area (Å²) >= 11 is 11.7. The van der Waals surface area contributed by atoms with Crippen molar-refractivity contribution >= 4 is 98.4 Å². The molecular weight excluding hydrogens is 1300 g/mol. The molecule has 0 aliphatic carbocycles. The number of halogens is 6. The number of carbonyl (C=O) groups excluding carboxylic acids is 6. The predicted octanol–water partition coefficient (Wildman–Crippen LogP) is 15.4. The number of aromatic nitrogens is 2. The summed E-state index contributed by atoms with van der Waals surface area (Å²) in [5.41, 5.74) is -1.09. The average molecular weight is 1380 g/mol. The van der Waals surface area contributed by atoms with Gasteiger partial charge in [0.05, 0.1) is 33.7 Å². The molecule has 0 spiro atoms. The zero-order valence-electron chi connectivity index (χ0n) is 53.1. The van der Waals surface area contributed by atoms with Crippen molar-refractivity contribution < 1.29 is 80.0 Å². The van der Waals surface area contributed by atoms with E-state index in [0.717, 1.165) is 5.39 Å². The van der Waals surface area contributed by atoms with Crippen molar-refractivity contribution in [1.82, 2.24) is 30.4 Å². The van der Waals surface area contributed by atoms with Crippen LogP contribution < -0.4 is 26.0 Å². The molecular formula is C67H81Cl2F4N9O14. The number of rotatable bonds is 21. The number of hydrogen-bond acceptors (Lipinski definition) is 16. The number of benzene rings is 5. The summed E-state index contributed by atoms with van der Waals surface area (Å²) in [5, 5.41) is 32.7. The molecule has 0 unspecified atom stereocenters. The normalized spacial score (nSPS) is 11.6. The minimum absolute atomic E-state index is 0. The molecule has 0 aliphatic heterocycles. The van der Waals surface area contributed by atoms with Gasteiger partial charge in [0, 0.05) is 81.4 Å². The highest BCUT2D eigenvalue weighted by atomic mass is 35.5. The van der Waals surface area contributed by atoms with E-state index in [0.29, 0.717) is 40.1 Å². The lowest BCUT2D eigenvalue weighted by Crippen LogP contribution is -2.48. The largest absolute Gasteiger partial charge is 0.465 e. The number of aliphatic hydroxyl groups is 1. The Balaban J connectivity index is 0.000000383. The van der Waals surface area contributed by atoms with Crippen molar-refractivity contribution in [1.29, 1.82) is 0 Å². The number of non-ortho nitro benzene ring substituents is 1. The van der Waals surface area contributed by atoms with Gasteiger partial charge in [0.2, 0.25) is 0 Å². The number of ether oxygens (including phenoxy) is 5. The van der Waals surface area contributed by atoms with E-state index < -0.39 is 93.1 Å². The number of urea groups is 1. The lowest BCUT2D eigenvalue weighted by atomic mass is 9.86. The third-order valence-corrected chi connectivity index (χ3v) is 14.4. The Morgan fingerprint density at radius 1 is 0.615 bits per heavy atom. The first-order valence-corrected chi connectivity index (χ1v) is 29.6. The minimum atomic E-state index is -0.810. The van der Waals surface area contributed by atoms with Gasteiger partial charge in [-0.15, -0.1) is 0 Å². The molecule has 0 bridgehead atoms. The third-order valence-electron chi connectivity index (χ3n) is 13.6. The number of amides is 6. The van der Waals surface area contributed by atoms with Crippen LogP contribution in [0.2, 0.25) is 10.0 Å². The molecule has 2 atom stereocenters. The topological polar surface area (TPSA) is 292 Å². The molecule has 0 saturated heterocycles. The maximum atomic E-state index is 13.7. The lowest BCUT2D eigenvalue weighted by molar-refractivity contribution is -0.384. The molecule has 520 valence electrons. The summed E-state index contributed by atoms with van der Waals surface area (Å²) in [6.07, 6.45) is 0.735. The molecule has 23 nitrogen and oxygen atoms in total. The molecule has 0 saturated carbocycles. The fourth-order valence-electron chi connectivity index (χ4n) is 8.56. The van der Waals surface area contributed by atoms with E-state index >= 15 is 0 Å². The van der Waals surface area contributed by atoms with Gasteiger partial charge < -0.3 is 49.2 Å². The first kappa shape index (κ1) is 80.6. The summed E-state index contributed by atoms with van der Waals surface area (Å²) in [6, 6.07) is 23.4. The van der Waals surface area contributed by atoms with Crippen molar-refractivity contribution in [2.24, 2.45) is 10.8 Å². The Kier molecular flexibility index (Phi) is 31.0. The van der Waals surface area contributed by atoms with E-state index in [1.165, 1.54) is 121 Å². The Bertz CT molecular complexity index is 3810. The Morgan fingerprint density at radius 2 is 1.07 bits per heavy atom. The number of nitro benzene ring substituents is 1. The van der Waals surface area contributed by atoms with Gasteiger partial charge in [-0.25, -0.2) is 51.5 Å². The molecule has 7 rings (SSSR count). The summed E-state index contributed by atoms with van der Waals surface area (Å²) < 4.78 is 80.2. The van der Waals surface area contributed by atoms with Gasteiger partial charge in [-0.05, 0) is 134 Å². The molecule has 0 radical (unpaired) electrons. The Labute approximate surface area is 564 Å². The first-order chi connectivity index (χ1) is 44.1. The number of fused-ring (bicyclic) bond motifs is 2. The third kappa shape index (κ3) is 26.7. The maximum absolute atomic E-state index is 13.7. The second-order valence-corrected chi connectivity index (χ2v) is 24.6. The van der Waals surface area contributed by atoms with Crippen LogP contribution in [0.25, 0.3) is 21.5 Å². The van der Waals surface area contributed by atoms with Gasteiger partial charge in [0.15, 0.2) is 0 Å². The van der Waals surface area contributed by atoms with Gasteiger partial charge in [0.25, 0.3) is 5.69 Å². The number of nitro groups is 1. The summed E-state index contributed by atoms with van der Waals surface area (Å²) in [6.45, 7) is 13.6. The summed E-state index contributed by atoms with van der Waals surface area (Å²) in [7, 11) is 3.09. The zero-order chi connectivity index (χ0) is 69.7. The van der Waals surface area contributed by atoms with Crippen LogP contribution in [0.4, 0.5) is 58.9 Å². The van der Waals surface area contributed by atoms with Crippen LogP contribution in [0.5, 0.6) is 5.75 Å². The summed E-state index contributed by atoms with van der Waals surface area (Å²) in [4.78, 5) is 94.2. The number of pyridine rings is 2. The van der Waals surface area contributed by atoms with Gasteiger partial charge in [-0.2, -0.15) is 0 Å². The highest BCUT2D eigenvalue weighted by Crippen LogP contribution is 2.29. The van der Waals surface area contributed by atoms with Crippen molar-refractivity contribution in [3.63, 3.8) is 0 Å². The molecule has 0 fully saturated rings. The Morgan fingerprint density at radius 3 is 1.52 bits per heavy atom. The van der Waals surface area contributed by atoms with Crippen LogP contribution in [0, 0.1) is 44.2 Å². The molecule has 6 amide bonds. The van der Waals surface area contributed by atoms with Crippen LogP contribution >= 0.6 is 23.2 Å². The van der Waals surface area contributed by atoms with E-state index in [4.69, 9.17) is 46.9 Å². The molecule has 7 aromatic rings. The number of aliphatic hydroxyl groups excluding tert-OH is 1. The summed E-state index contributed by atoms with van der Waals surface area (Å²) in [5.74, 6) is -1.88. The first-order valence-electron chi connectivity index (χ1n) is 28.9. The quantitative estimate of drug-likeness (QED) is 0.0147. The predicted molar refractivity (Wildman–Crippen MR) is 358 cm³/mol. The average Bonchev–Trinajstić information content (AvgIpc) is 0.860. The number of nitrogens with zero attached hydrogens (tertiary/aromatic N) is 5. The number of likely N-dealkylation sites (N-methyl/N-ethyl adjacent to an activating group) is 2. The molecule has 0 aliphatic rings. The van der Waals surface area contributed by atoms with E-state index in [1.807, 2.05) is 27.7 Å². The molecule has 96 heavy (non-hydrogen) atoms. The van der Waals surface area contributed by atoms with Gasteiger partial charge in [0.1, 0.15) is 59.5 Å². The van der Waals surface area contributed by atoms with Gasteiger partial charge in [-0.1, -0.05) is 90.0 Å². The fraction of sp³-hybridized carbons (Fsp3) is 0.373. The van der Waals surface area contributed by atoms with Crippen molar-refractivity contribution in [2.75, 3.05) is 51.2 Å². The van der Waals surface area contributed by atoms with Gasteiger partial charge >= 0.3 is 36.4 Å². The molecule has 29 heteroatoms. The molecule has 2 heterocycles. The van der Waals surface area contributed by atoms with E-state index in [9.17, 15) is 61.5 Å². The van der Waals surface area contributed by atoms with Crippen LogP contribution in [-0.2, 0) is 36.8 Å². The fourth-order valence-corrected chi connectivity index (χ4v) is 8.94. The molecule has 5 N–H and O–H groups in total. The SMILES string of the molecule is C.C.CC(=O)OCC(C)(C)C[C@@H](COC(=O)Nc1cc2cc(F)ccc2cn1)N(C)C(=O)OC(C)(C)C.CN(C(=O)NCc1cccc(F)c1Cl)[C@H](COC(=O)Nc1cc2cc(F)ccc2cn1)CC(C)(C)CO.O=C(NCc1cccc(F)c1Cl)Oc1ccc([N+](=O)[O-])cc1. The van der Waals surface area contributed by atoms with Crippen LogP contribution in [0.15, 0.2) is 122 Å². The highest BCUT2D eigenvalue weighted by molar-refractivity contribution is 6.31. The number of hydrogen-bond donors (Lipinski definition) is 5. The van der Waals surface area contributed by atoms with Crippen LogP contribution in [0.1, 0.15) is 94.2 Å². The highest BCUT2D eigenvalue weighted by Gasteiger charge is 2.33. The van der Waals surface area contributed by atoms with Crippen molar-refractivity contribution in [2.45, 2.75) is 114 Å². The molecule has 2 aromatic heterocycles. The maximum Gasteiger partial charge on any atom is 0.412 e. The molecule has 5 aromatic carbocycles. The second kappa shape index (κ2) is 36.9. The number of anilines is 2. The monoisotopic (exact) mass is 1380 g/mol. The van der Waals surface area contributed by atoms with Crippen molar-refractivity contribution in [3.8, 4) is 5.75 Å². The van der Waals surface area contributed by atoms with Gasteiger partial charge in [-0.3, -0.25) is 25.5 Å². The van der Waals surface area contributed by atoms with E-state index in [-0.39, 0.29) is 87.5 Å². The smallest absolute Gasteiger partial charge is 0.412 e. The van der Waals surface area contributed by atoms with E-state index in [2.05, 4.69) is 31.2 Å². The number of nitrogens with one attached hydrogen (secondary N) is 4. The zero-order valence-corrected chi connectivity index (χ0v) is 54.6. The van der Waals surface area contributed by atoms with Crippen LogP contribution in [0.3, 0.4) is 0 Å². The standard InChI is InChI=1S/C26H29ClF2N4O4.C25H34FN3O6.C14H10ClFN2O4.2CH4/c1-26(2,15-34)11-20(33(3)24(35)31-13-17-5-4-6-21(29)23(17)27)14-37-25(36)32-22-10-18-9-19(28)8-7-16(18)12-30-22;1-16(30)34-15-25(5,6)12-20(29(7)23(32)35-24(2,3)4)14-33-22(31)28-21-11-18-10-19(26)9-8-17(18)13-27-21;15-13-9(2-1-3-12(13)16)8-17-14(19)22-11-6-4-10(5-7-11)18(20)21;;/h4-10,12,20,34H,11,13-15H2,1-3H3,(H,31,35)(H,30,32,36);8-11,13,20H,12,14-15H2,1-7H3,(H,27,28,31);1-7H,8H2,(H,17,19);2*1H4/t2*20-;;;/m00.../s1.